The highest BCUT2D eigenvalue weighted by molar-refractivity contribution is 5.97. The Kier molecular flexibility index (Phi) is 4.23. The van der Waals surface area contributed by atoms with Gasteiger partial charge in [-0.15, -0.1) is 0 Å². The number of aliphatic carboxylic acids is 1. The van der Waals surface area contributed by atoms with Crippen LogP contribution in [0.2, 0.25) is 0 Å². The van der Waals surface area contributed by atoms with Crippen LogP contribution in [0.25, 0.3) is 0 Å². The molecular formula is C13H16O3. The molecule has 1 aromatic carbocycles. The van der Waals surface area contributed by atoms with Crippen LogP contribution in [0.15, 0.2) is 18.2 Å². The Labute approximate surface area is 95.1 Å². The van der Waals surface area contributed by atoms with E-state index in [9.17, 15) is 9.59 Å². The molecule has 0 radical (unpaired) electrons. The highest BCUT2D eigenvalue weighted by atomic mass is 16.4. The topological polar surface area (TPSA) is 54.4 Å². The first kappa shape index (κ1) is 12.4. The monoisotopic (exact) mass is 220 g/mol. The molecular weight excluding hydrogens is 204 g/mol. The van der Waals surface area contributed by atoms with Gasteiger partial charge in [-0.1, -0.05) is 17.7 Å². The van der Waals surface area contributed by atoms with E-state index in [0.717, 1.165) is 11.1 Å². The van der Waals surface area contributed by atoms with Crippen molar-refractivity contribution in [1.29, 1.82) is 0 Å². The van der Waals surface area contributed by atoms with Crippen LogP contribution in [0, 0.1) is 13.8 Å². The summed E-state index contributed by atoms with van der Waals surface area (Å²) in [4.78, 5) is 22.1. The molecule has 0 unspecified atom stereocenters. The van der Waals surface area contributed by atoms with Crippen molar-refractivity contribution in [2.24, 2.45) is 0 Å². The van der Waals surface area contributed by atoms with Gasteiger partial charge in [-0.25, -0.2) is 0 Å². The van der Waals surface area contributed by atoms with Crippen molar-refractivity contribution in [3.05, 3.63) is 34.9 Å². The second-order valence-corrected chi connectivity index (χ2v) is 3.99. The van der Waals surface area contributed by atoms with E-state index in [1.165, 1.54) is 0 Å². The maximum atomic E-state index is 11.8. The number of carboxylic acid groups (broad SMARTS) is 1. The van der Waals surface area contributed by atoms with E-state index in [2.05, 4.69) is 0 Å². The number of aryl methyl sites for hydroxylation is 2. The van der Waals surface area contributed by atoms with Crippen molar-refractivity contribution in [2.75, 3.05) is 0 Å². The summed E-state index contributed by atoms with van der Waals surface area (Å²) in [5.74, 6) is -0.823. The largest absolute Gasteiger partial charge is 0.481 e. The molecule has 0 bridgehead atoms. The molecule has 0 aliphatic heterocycles. The zero-order valence-electron chi connectivity index (χ0n) is 9.62. The van der Waals surface area contributed by atoms with Crippen molar-refractivity contribution in [1.82, 2.24) is 0 Å². The number of carbonyl (C=O) groups excluding carboxylic acids is 1. The van der Waals surface area contributed by atoms with Crippen molar-refractivity contribution in [3.63, 3.8) is 0 Å². The Morgan fingerprint density at radius 2 is 1.88 bits per heavy atom. The summed E-state index contributed by atoms with van der Waals surface area (Å²) in [5, 5.41) is 8.48. The van der Waals surface area contributed by atoms with Crippen LogP contribution in [-0.4, -0.2) is 16.9 Å². The Balaban J connectivity index is 2.65. The molecule has 1 aromatic rings. The highest BCUT2D eigenvalue weighted by Gasteiger charge is 2.09. The lowest BCUT2D eigenvalue weighted by Crippen LogP contribution is -2.04. The second-order valence-electron chi connectivity index (χ2n) is 3.99. The summed E-state index contributed by atoms with van der Waals surface area (Å²) in [6, 6.07) is 5.74. The molecule has 1 N–H and O–H groups in total. The van der Waals surface area contributed by atoms with Crippen molar-refractivity contribution >= 4 is 11.8 Å². The standard InChI is InChI=1S/C13H16O3/c1-9-6-7-10(2)11(8-9)12(14)4-3-5-13(15)16/h6-8H,3-5H2,1-2H3,(H,15,16). The van der Waals surface area contributed by atoms with Gasteiger partial charge in [0, 0.05) is 18.4 Å². The maximum absolute atomic E-state index is 11.8. The molecule has 3 heteroatoms. The number of ketones is 1. The van der Waals surface area contributed by atoms with E-state index >= 15 is 0 Å². The molecule has 3 nitrogen and oxygen atoms in total. The number of carbonyl (C=O) groups is 2. The van der Waals surface area contributed by atoms with Crippen LogP contribution in [0.4, 0.5) is 0 Å². The predicted octanol–water partition coefficient (Wildman–Crippen LogP) is 2.74. The Morgan fingerprint density at radius 1 is 1.19 bits per heavy atom. The molecule has 86 valence electrons. The molecule has 16 heavy (non-hydrogen) atoms. The quantitative estimate of drug-likeness (QED) is 0.776. The number of carboxylic acids is 1. The fraction of sp³-hybridized carbons (Fsp3) is 0.385. The zero-order chi connectivity index (χ0) is 12.1. The lowest BCUT2D eigenvalue weighted by Gasteiger charge is -2.05. The molecule has 0 saturated carbocycles. The first-order chi connectivity index (χ1) is 7.50. The number of Topliss-reactive ketones (excluding diaryl/α,β-unsaturated/α-hetero) is 1. The van der Waals surface area contributed by atoms with E-state index in [1.807, 2.05) is 32.0 Å². The average molecular weight is 220 g/mol. The molecule has 0 atom stereocenters. The van der Waals surface area contributed by atoms with Gasteiger partial charge in [0.25, 0.3) is 0 Å². The smallest absolute Gasteiger partial charge is 0.303 e. The normalized spacial score (nSPS) is 10.1. The minimum atomic E-state index is -0.853. The first-order valence-electron chi connectivity index (χ1n) is 5.33. The predicted molar refractivity (Wildman–Crippen MR) is 61.7 cm³/mol. The minimum absolute atomic E-state index is 0.0300. The van der Waals surface area contributed by atoms with Gasteiger partial charge in [0.2, 0.25) is 0 Å². The van der Waals surface area contributed by atoms with E-state index in [0.29, 0.717) is 18.4 Å². The highest BCUT2D eigenvalue weighted by Crippen LogP contribution is 2.14. The van der Waals surface area contributed by atoms with Crippen molar-refractivity contribution in [3.8, 4) is 0 Å². The summed E-state index contributed by atoms with van der Waals surface area (Å²) in [7, 11) is 0. The van der Waals surface area contributed by atoms with Crippen LogP contribution < -0.4 is 0 Å². The summed E-state index contributed by atoms with van der Waals surface area (Å²) >= 11 is 0. The minimum Gasteiger partial charge on any atom is -0.481 e. The third-order valence-electron chi connectivity index (χ3n) is 2.49. The first-order valence-corrected chi connectivity index (χ1v) is 5.33. The lowest BCUT2D eigenvalue weighted by molar-refractivity contribution is -0.137. The summed E-state index contributed by atoms with van der Waals surface area (Å²) in [6.07, 6.45) is 0.759. The molecule has 0 spiro atoms. The summed E-state index contributed by atoms with van der Waals surface area (Å²) in [6.45, 7) is 3.83. The van der Waals surface area contributed by atoms with Crippen LogP contribution in [0.5, 0.6) is 0 Å². The third-order valence-corrected chi connectivity index (χ3v) is 2.49. The molecule has 0 saturated heterocycles. The van der Waals surface area contributed by atoms with Crippen LogP contribution in [-0.2, 0) is 4.79 Å². The molecule has 0 aliphatic carbocycles. The molecule has 0 heterocycles. The van der Waals surface area contributed by atoms with Gasteiger partial charge >= 0.3 is 5.97 Å². The fourth-order valence-corrected chi connectivity index (χ4v) is 1.57. The Morgan fingerprint density at radius 3 is 2.50 bits per heavy atom. The SMILES string of the molecule is Cc1ccc(C)c(C(=O)CCCC(=O)O)c1. The zero-order valence-corrected chi connectivity index (χ0v) is 9.62. The number of benzene rings is 1. The molecule has 1 rings (SSSR count). The average Bonchev–Trinajstić information content (AvgIpc) is 2.21. The summed E-state index contributed by atoms with van der Waals surface area (Å²) in [5.41, 5.74) is 2.71. The van der Waals surface area contributed by atoms with E-state index < -0.39 is 5.97 Å². The van der Waals surface area contributed by atoms with Gasteiger partial charge < -0.3 is 5.11 Å². The van der Waals surface area contributed by atoms with Gasteiger partial charge in [-0.3, -0.25) is 9.59 Å². The second kappa shape index (κ2) is 5.45. The van der Waals surface area contributed by atoms with Gasteiger partial charge in [0.05, 0.1) is 0 Å². The van der Waals surface area contributed by atoms with Crippen LogP contribution in [0.3, 0.4) is 0 Å². The molecule has 0 aliphatic rings. The fourth-order valence-electron chi connectivity index (χ4n) is 1.57. The van der Waals surface area contributed by atoms with Gasteiger partial charge in [-0.05, 0) is 31.9 Å². The molecule has 0 amide bonds. The summed E-state index contributed by atoms with van der Waals surface area (Å²) < 4.78 is 0. The van der Waals surface area contributed by atoms with Crippen molar-refractivity contribution in [2.45, 2.75) is 33.1 Å². The number of hydrogen-bond donors (Lipinski definition) is 1. The maximum Gasteiger partial charge on any atom is 0.303 e. The molecule has 0 aromatic heterocycles. The van der Waals surface area contributed by atoms with E-state index in [-0.39, 0.29) is 12.2 Å². The van der Waals surface area contributed by atoms with Gasteiger partial charge in [0.1, 0.15) is 0 Å². The van der Waals surface area contributed by atoms with Gasteiger partial charge in [-0.2, -0.15) is 0 Å². The van der Waals surface area contributed by atoms with Crippen molar-refractivity contribution < 1.29 is 14.7 Å². The van der Waals surface area contributed by atoms with Crippen LogP contribution >= 0.6 is 0 Å². The Bertz CT molecular complexity index is 408. The van der Waals surface area contributed by atoms with E-state index in [1.54, 1.807) is 0 Å². The Hall–Kier alpha value is -1.64. The van der Waals surface area contributed by atoms with E-state index in [4.69, 9.17) is 5.11 Å². The number of rotatable bonds is 5. The third kappa shape index (κ3) is 3.50. The molecule has 0 fully saturated rings. The lowest BCUT2D eigenvalue weighted by atomic mass is 9.99. The number of hydrogen-bond acceptors (Lipinski definition) is 2. The van der Waals surface area contributed by atoms with Crippen LogP contribution in [0.1, 0.15) is 40.7 Å². The van der Waals surface area contributed by atoms with Gasteiger partial charge in [0.15, 0.2) is 5.78 Å².